The number of carbonyl (C=O) groups excluding carboxylic acids is 1. The van der Waals surface area contributed by atoms with Gasteiger partial charge in [-0.2, -0.15) is 0 Å². The maximum absolute atomic E-state index is 13.9. The predicted molar refractivity (Wildman–Crippen MR) is 165 cm³/mol. The molecule has 0 radical (unpaired) electrons. The molecule has 1 aromatic heterocycles. The minimum absolute atomic E-state index is 0.135. The number of amides is 1. The van der Waals surface area contributed by atoms with Gasteiger partial charge in [0.15, 0.2) is 0 Å². The molecule has 0 fully saturated rings. The topological polar surface area (TPSA) is 64.4 Å². The number of fused-ring (bicyclic) bond motifs is 1. The molecule has 0 aliphatic rings. The van der Waals surface area contributed by atoms with E-state index in [1.54, 1.807) is 4.57 Å². The Morgan fingerprint density at radius 1 is 0.850 bits per heavy atom. The first-order chi connectivity index (χ1) is 19.5. The number of nitrogens with zero attached hydrogens (tertiary/aromatic N) is 3. The van der Waals surface area contributed by atoms with Crippen LogP contribution in [0.5, 0.6) is 5.75 Å². The first-order valence-electron chi connectivity index (χ1n) is 15.6. The van der Waals surface area contributed by atoms with Crippen LogP contribution in [0.1, 0.15) is 117 Å². The van der Waals surface area contributed by atoms with E-state index in [0.29, 0.717) is 47.7 Å². The molecule has 0 saturated heterocycles. The Morgan fingerprint density at radius 2 is 1.48 bits per heavy atom. The summed E-state index contributed by atoms with van der Waals surface area (Å²) in [6, 6.07) is 14.6. The fraction of sp³-hybridized carbons (Fsp3) is 0.559. The van der Waals surface area contributed by atoms with E-state index >= 15 is 0 Å². The van der Waals surface area contributed by atoms with E-state index in [-0.39, 0.29) is 17.5 Å². The molecule has 6 heteroatoms. The van der Waals surface area contributed by atoms with Gasteiger partial charge in [0.25, 0.3) is 5.56 Å². The van der Waals surface area contributed by atoms with Gasteiger partial charge in [0.1, 0.15) is 11.6 Å². The van der Waals surface area contributed by atoms with Crippen LogP contribution in [-0.2, 0) is 4.79 Å². The van der Waals surface area contributed by atoms with Crippen molar-refractivity contribution in [2.75, 3.05) is 13.2 Å². The summed E-state index contributed by atoms with van der Waals surface area (Å²) in [5.74, 6) is 1.32. The molecule has 0 spiro atoms. The van der Waals surface area contributed by atoms with E-state index in [1.807, 2.05) is 67.3 Å². The Bertz CT molecular complexity index is 1250. The van der Waals surface area contributed by atoms with Crippen molar-refractivity contribution in [1.82, 2.24) is 14.5 Å². The first kappa shape index (κ1) is 31.4. The number of ether oxygens (including phenoxy) is 1. The van der Waals surface area contributed by atoms with Crippen molar-refractivity contribution in [3.63, 3.8) is 0 Å². The van der Waals surface area contributed by atoms with Gasteiger partial charge in [-0.1, -0.05) is 95.9 Å². The lowest BCUT2D eigenvalue weighted by atomic mass is 10.1. The third-order valence-corrected chi connectivity index (χ3v) is 7.62. The Hall–Kier alpha value is -3.15. The number of aromatic nitrogens is 2. The summed E-state index contributed by atoms with van der Waals surface area (Å²) < 4.78 is 7.57. The van der Waals surface area contributed by atoms with E-state index in [0.717, 1.165) is 25.7 Å². The molecule has 0 saturated carbocycles. The van der Waals surface area contributed by atoms with E-state index < -0.39 is 0 Å². The van der Waals surface area contributed by atoms with Gasteiger partial charge in [-0.25, -0.2) is 4.98 Å². The van der Waals surface area contributed by atoms with Crippen LogP contribution >= 0.6 is 0 Å². The van der Waals surface area contributed by atoms with Gasteiger partial charge in [-0.15, -0.1) is 0 Å². The average Bonchev–Trinajstić information content (AvgIpc) is 2.97. The average molecular weight is 548 g/mol. The van der Waals surface area contributed by atoms with Crippen LogP contribution in [0.25, 0.3) is 16.6 Å². The lowest BCUT2D eigenvalue weighted by molar-refractivity contribution is -0.133. The van der Waals surface area contributed by atoms with Crippen molar-refractivity contribution >= 4 is 16.8 Å². The zero-order chi connectivity index (χ0) is 28.7. The molecular weight excluding hydrogens is 498 g/mol. The molecule has 0 bridgehead atoms. The van der Waals surface area contributed by atoms with Gasteiger partial charge < -0.3 is 9.64 Å². The molecule has 1 unspecified atom stereocenters. The largest absolute Gasteiger partial charge is 0.492 e. The minimum Gasteiger partial charge on any atom is -0.492 e. The monoisotopic (exact) mass is 547 g/mol. The third kappa shape index (κ3) is 8.42. The third-order valence-electron chi connectivity index (χ3n) is 7.62. The number of para-hydroxylation sites is 3. The van der Waals surface area contributed by atoms with Crippen LogP contribution in [0.15, 0.2) is 53.3 Å². The Morgan fingerprint density at radius 3 is 2.17 bits per heavy atom. The van der Waals surface area contributed by atoms with E-state index in [4.69, 9.17) is 9.72 Å². The van der Waals surface area contributed by atoms with Crippen LogP contribution in [0.3, 0.4) is 0 Å². The summed E-state index contributed by atoms with van der Waals surface area (Å²) in [6.07, 6.45) is 13.4. The lowest BCUT2D eigenvalue weighted by Gasteiger charge is -2.31. The molecular formula is C34H49N3O3. The first-order valence-corrected chi connectivity index (χ1v) is 15.6. The summed E-state index contributed by atoms with van der Waals surface area (Å²) in [6.45, 7) is 9.44. The highest BCUT2D eigenvalue weighted by Crippen LogP contribution is 2.28. The molecule has 218 valence electrons. The fourth-order valence-electron chi connectivity index (χ4n) is 5.32. The van der Waals surface area contributed by atoms with Crippen molar-refractivity contribution in [2.24, 2.45) is 0 Å². The molecule has 0 aliphatic heterocycles. The van der Waals surface area contributed by atoms with E-state index in [2.05, 4.69) is 13.8 Å². The normalized spacial score (nSPS) is 12.0. The standard InChI is InChI=1S/C34H49N3O3/c1-5-8-10-11-12-13-14-15-16-25-32(38)36(26-9-6-2)27(4)33-35-29-22-18-17-21-28(29)34(39)37(33)30-23-19-20-24-31(30)40-7-3/h17-24,27H,5-16,25-26H2,1-4H3. The predicted octanol–water partition coefficient (Wildman–Crippen LogP) is 8.40. The zero-order valence-corrected chi connectivity index (χ0v) is 25.2. The van der Waals surface area contributed by atoms with Crippen molar-refractivity contribution in [2.45, 2.75) is 111 Å². The Labute approximate surface area is 240 Å². The van der Waals surface area contributed by atoms with Crippen LogP contribution in [-0.4, -0.2) is 33.5 Å². The molecule has 6 nitrogen and oxygen atoms in total. The van der Waals surface area contributed by atoms with Crippen molar-refractivity contribution in [1.29, 1.82) is 0 Å². The quantitative estimate of drug-likeness (QED) is 0.150. The number of benzene rings is 2. The van der Waals surface area contributed by atoms with Crippen molar-refractivity contribution in [3.8, 4) is 11.4 Å². The molecule has 0 N–H and O–H groups in total. The smallest absolute Gasteiger partial charge is 0.266 e. The molecule has 1 heterocycles. The molecule has 0 aliphatic carbocycles. The molecule has 1 atom stereocenters. The second-order valence-corrected chi connectivity index (χ2v) is 10.7. The number of hydrogen-bond acceptors (Lipinski definition) is 4. The van der Waals surface area contributed by atoms with Gasteiger partial charge in [-0.3, -0.25) is 14.2 Å². The van der Waals surface area contributed by atoms with Crippen molar-refractivity contribution < 1.29 is 9.53 Å². The maximum atomic E-state index is 13.9. The highest BCUT2D eigenvalue weighted by molar-refractivity contribution is 5.79. The fourth-order valence-corrected chi connectivity index (χ4v) is 5.32. The molecule has 3 aromatic rings. The second-order valence-electron chi connectivity index (χ2n) is 10.7. The van der Waals surface area contributed by atoms with Crippen LogP contribution in [0, 0.1) is 0 Å². The van der Waals surface area contributed by atoms with Gasteiger partial charge in [0, 0.05) is 13.0 Å². The highest BCUT2D eigenvalue weighted by Gasteiger charge is 2.27. The summed E-state index contributed by atoms with van der Waals surface area (Å²) >= 11 is 0. The van der Waals surface area contributed by atoms with Crippen LogP contribution in [0.2, 0.25) is 0 Å². The SMILES string of the molecule is CCCCCCCCCCCC(=O)N(CCCC)C(C)c1nc2ccccc2c(=O)n1-c1ccccc1OCC. The van der Waals surface area contributed by atoms with Gasteiger partial charge in [0.2, 0.25) is 5.91 Å². The number of carbonyl (C=O) groups is 1. The van der Waals surface area contributed by atoms with Gasteiger partial charge >= 0.3 is 0 Å². The summed E-state index contributed by atoms with van der Waals surface area (Å²) in [5.41, 5.74) is 1.14. The van der Waals surface area contributed by atoms with Gasteiger partial charge in [-0.05, 0) is 51.0 Å². The summed E-state index contributed by atoms with van der Waals surface area (Å²) in [4.78, 5) is 34.5. The van der Waals surface area contributed by atoms with Crippen LogP contribution in [0.4, 0.5) is 0 Å². The maximum Gasteiger partial charge on any atom is 0.266 e. The van der Waals surface area contributed by atoms with Crippen molar-refractivity contribution in [3.05, 3.63) is 64.7 Å². The second kappa shape index (κ2) is 16.8. The Balaban J connectivity index is 1.87. The number of rotatable bonds is 18. The molecule has 3 rings (SSSR count). The molecule has 40 heavy (non-hydrogen) atoms. The van der Waals surface area contributed by atoms with Gasteiger partial charge in [0.05, 0.1) is 29.2 Å². The number of hydrogen-bond donors (Lipinski definition) is 0. The van der Waals surface area contributed by atoms with E-state index in [9.17, 15) is 9.59 Å². The summed E-state index contributed by atoms with van der Waals surface area (Å²) in [5, 5.41) is 0.547. The highest BCUT2D eigenvalue weighted by atomic mass is 16.5. The molecule has 2 aromatic carbocycles. The zero-order valence-electron chi connectivity index (χ0n) is 25.2. The number of unbranched alkanes of at least 4 members (excludes halogenated alkanes) is 9. The van der Waals surface area contributed by atoms with E-state index in [1.165, 1.54) is 44.9 Å². The lowest BCUT2D eigenvalue weighted by Crippen LogP contribution is -2.38. The summed E-state index contributed by atoms with van der Waals surface area (Å²) in [7, 11) is 0. The van der Waals surface area contributed by atoms with Crippen LogP contribution < -0.4 is 10.3 Å². The Kier molecular flexibility index (Phi) is 13.2. The minimum atomic E-state index is -0.371. The molecule has 1 amide bonds.